The Kier molecular flexibility index (Phi) is 3.88. The van der Waals surface area contributed by atoms with Gasteiger partial charge in [-0.15, -0.1) is 0 Å². The molecule has 0 spiro atoms. The summed E-state index contributed by atoms with van der Waals surface area (Å²) in [7, 11) is 0. The van der Waals surface area contributed by atoms with Gasteiger partial charge in [-0.3, -0.25) is 9.78 Å². The third kappa shape index (κ3) is 3.07. The molecule has 2 bridgehead atoms. The van der Waals surface area contributed by atoms with E-state index in [1.54, 1.807) is 0 Å². The number of nitrogens with zero attached hydrogens (tertiary/aromatic N) is 5. The number of hydrogen-bond donors (Lipinski definition) is 0. The predicted molar refractivity (Wildman–Crippen MR) is 103 cm³/mol. The van der Waals surface area contributed by atoms with E-state index >= 15 is 0 Å². The van der Waals surface area contributed by atoms with Crippen LogP contribution in [0.4, 0.5) is 5.95 Å². The largest absolute Gasteiger partial charge is 0.336 e. The Bertz CT molecular complexity index is 874. The number of likely N-dealkylation sites (tertiary alicyclic amines) is 1. The lowest BCUT2D eigenvalue weighted by Crippen LogP contribution is -2.46. The normalized spacial score (nSPS) is 24.4. The maximum absolute atomic E-state index is 13.3. The minimum Gasteiger partial charge on any atom is -0.336 e. The first-order valence-corrected chi connectivity index (χ1v) is 9.91. The van der Waals surface area contributed by atoms with Crippen molar-refractivity contribution < 1.29 is 4.79 Å². The summed E-state index contributed by atoms with van der Waals surface area (Å²) in [5.74, 6) is 1.92. The number of aromatic nitrogens is 3. The Morgan fingerprint density at radius 3 is 2.63 bits per heavy atom. The fourth-order valence-corrected chi connectivity index (χ4v) is 4.66. The number of anilines is 1. The molecule has 0 aromatic carbocycles. The summed E-state index contributed by atoms with van der Waals surface area (Å²) in [4.78, 5) is 31.4. The average Bonchev–Trinajstić information content (AvgIpc) is 3.45. The highest BCUT2D eigenvalue weighted by atomic mass is 16.2. The monoisotopic (exact) mass is 363 g/mol. The summed E-state index contributed by atoms with van der Waals surface area (Å²) in [6.07, 6.45) is 5.23. The van der Waals surface area contributed by atoms with Crippen LogP contribution in [0.15, 0.2) is 24.4 Å². The van der Waals surface area contributed by atoms with Crippen molar-refractivity contribution in [1.82, 2.24) is 19.9 Å². The van der Waals surface area contributed by atoms with Crippen LogP contribution in [0.1, 0.15) is 52.6 Å². The summed E-state index contributed by atoms with van der Waals surface area (Å²) in [6, 6.07) is 6.14. The van der Waals surface area contributed by atoms with Crippen molar-refractivity contribution in [1.29, 1.82) is 0 Å². The fourth-order valence-electron chi connectivity index (χ4n) is 4.66. The van der Waals surface area contributed by atoms with Crippen LogP contribution in [0.3, 0.4) is 0 Å². The van der Waals surface area contributed by atoms with Crippen molar-refractivity contribution >= 4 is 11.9 Å². The van der Waals surface area contributed by atoms with E-state index in [1.807, 2.05) is 43.1 Å². The van der Waals surface area contributed by atoms with E-state index in [1.165, 1.54) is 0 Å². The smallest absolute Gasteiger partial charge is 0.255 e. The first-order valence-electron chi connectivity index (χ1n) is 9.91. The number of fused-ring (bicyclic) bond motifs is 2. The van der Waals surface area contributed by atoms with Gasteiger partial charge in [-0.2, -0.15) is 0 Å². The molecule has 3 fully saturated rings. The van der Waals surface area contributed by atoms with E-state index < -0.39 is 0 Å². The molecule has 2 aliphatic heterocycles. The Balaban J connectivity index is 1.38. The van der Waals surface area contributed by atoms with Gasteiger partial charge in [0, 0.05) is 49.2 Å². The number of aryl methyl sites for hydroxylation is 2. The van der Waals surface area contributed by atoms with Gasteiger partial charge in [0.2, 0.25) is 5.95 Å². The topological polar surface area (TPSA) is 62.2 Å². The minimum absolute atomic E-state index is 0.142. The first-order chi connectivity index (χ1) is 13.1. The van der Waals surface area contributed by atoms with Gasteiger partial charge < -0.3 is 9.80 Å². The standard InChI is InChI=1S/C21H25N5O/c1-13-8-14(2)24-21(23-13)26-11-15-9-17(26)12-25(10-15)20(27)18-4-3-7-22-19(18)16-5-6-16/h3-4,7-8,15-17H,5-6,9-12H2,1-2H3. The molecule has 3 aliphatic rings. The molecule has 2 saturated heterocycles. The van der Waals surface area contributed by atoms with Gasteiger partial charge in [0.1, 0.15) is 0 Å². The molecule has 0 N–H and O–H groups in total. The summed E-state index contributed by atoms with van der Waals surface area (Å²) < 4.78 is 0. The van der Waals surface area contributed by atoms with Crippen LogP contribution < -0.4 is 4.90 Å². The highest BCUT2D eigenvalue weighted by Crippen LogP contribution is 2.41. The average molecular weight is 363 g/mol. The summed E-state index contributed by atoms with van der Waals surface area (Å²) in [5, 5.41) is 0. The van der Waals surface area contributed by atoms with Crippen LogP contribution in [-0.2, 0) is 0 Å². The second kappa shape index (κ2) is 6.29. The van der Waals surface area contributed by atoms with Gasteiger partial charge in [0.15, 0.2) is 0 Å². The highest BCUT2D eigenvalue weighted by Gasteiger charge is 2.42. The summed E-state index contributed by atoms with van der Waals surface area (Å²) in [6.45, 7) is 6.51. The van der Waals surface area contributed by atoms with E-state index in [-0.39, 0.29) is 5.91 Å². The van der Waals surface area contributed by atoms with Gasteiger partial charge in [0.25, 0.3) is 5.91 Å². The molecular weight excluding hydrogens is 338 g/mol. The van der Waals surface area contributed by atoms with Crippen LogP contribution in [0.5, 0.6) is 0 Å². The quantitative estimate of drug-likeness (QED) is 0.839. The molecule has 4 heterocycles. The van der Waals surface area contributed by atoms with E-state index in [0.717, 1.165) is 67.5 Å². The lowest BCUT2D eigenvalue weighted by molar-refractivity contribution is 0.0692. The van der Waals surface area contributed by atoms with E-state index in [4.69, 9.17) is 0 Å². The molecule has 1 aliphatic carbocycles. The SMILES string of the molecule is Cc1cc(C)nc(N2CC3CC2CN(C(=O)c2cccnc2C2CC2)C3)n1. The van der Waals surface area contributed by atoms with Crippen LogP contribution >= 0.6 is 0 Å². The molecule has 1 amide bonds. The first kappa shape index (κ1) is 16.7. The van der Waals surface area contributed by atoms with Crippen LogP contribution in [0.25, 0.3) is 0 Å². The number of amides is 1. The van der Waals surface area contributed by atoms with Crippen LogP contribution in [-0.4, -0.2) is 51.4 Å². The number of carbonyl (C=O) groups is 1. The summed E-state index contributed by atoms with van der Waals surface area (Å²) in [5.41, 5.74) is 3.79. The van der Waals surface area contributed by atoms with Gasteiger partial charge in [-0.05, 0) is 57.2 Å². The van der Waals surface area contributed by atoms with Crippen LogP contribution in [0.2, 0.25) is 0 Å². The van der Waals surface area contributed by atoms with Crippen molar-refractivity contribution in [2.75, 3.05) is 24.5 Å². The van der Waals surface area contributed by atoms with Gasteiger partial charge in [0.05, 0.1) is 11.3 Å². The molecule has 27 heavy (non-hydrogen) atoms. The third-order valence-corrected chi connectivity index (χ3v) is 5.96. The van der Waals surface area contributed by atoms with Crippen molar-refractivity contribution in [3.05, 3.63) is 47.0 Å². The van der Waals surface area contributed by atoms with Gasteiger partial charge in [-0.1, -0.05) is 0 Å². The molecular formula is C21H25N5O. The lowest BCUT2D eigenvalue weighted by Gasteiger charge is -2.33. The Morgan fingerprint density at radius 2 is 1.89 bits per heavy atom. The maximum atomic E-state index is 13.3. The Hall–Kier alpha value is -2.50. The molecule has 0 radical (unpaired) electrons. The summed E-state index contributed by atoms with van der Waals surface area (Å²) >= 11 is 0. The van der Waals surface area contributed by atoms with Crippen molar-refractivity contribution in [2.45, 2.75) is 45.1 Å². The molecule has 2 aromatic rings. The van der Waals surface area contributed by atoms with Crippen molar-refractivity contribution in [3.63, 3.8) is 0 Å². The highest BCUT2D eigenvalue weighted by molar-refractivity contribution is 5.95. The van der Waals surface area contributed by atoms with E-state index in [2.05, 4.69) is 19.9 Å². The van der Waals surface area contributed by atoms with Crippen molar-refractivity contribution in [2.24, 2.45) is 5.92 Å². The Labute approximate surface area is 159 Å². The maximum Gasteiger partial charge on any atom is 0.255 e. The molecule has 140 valence electrons. The molecule has 1 saturated carbocycles. The number of rotatable bonds is 3. The number of hydrogen-bond acceptors (Lipinski definition) is 5. The van der Waals surface area contributed by atoms with Gasteiger partial charge in [-0.25, -0.2) is 9.97 Å². The number of piperidine rings is 1. The van der Waals surface area contributed by atoms with Gasteiger partial charge >= 0.3 is 0 Å². The molecule has 2 aromatic heterocycles. The van der Waals surface area contributed by atoms with Crippen LogP contribution in [0, 0.1) is 19.8 Å². The zero-order valence-electron chi connectivity index (χ0n) is 15.9. The zero-order valence-corrected chi connectivity index (χ0v) is 15.9. The van der Waals surface area contributed by atoms with E-state index in [0.29, 0.717) is 17.9 Å². The molecule has 2 atom stereocenters. The van der Waals surface area contributed by atoms with Crippen molar-refractivity contribution in [3.8, 4) is 0 Å². The third-order valence-electron chi connectivity index (χ3n) is 5.96. The number of pyridine rings is 1. The zero-order chi connectivity index (χ0) is 18.5. The van der Waals surface area contributed by atoms with E-state index in [9.17, 15) is 4.79 Å². The Morgan fingerprint density at radius 1 is 1.11 bits per heavy atom. The molecule has 6 nitrogen and oxygen atoms in total. The second-order valence-corrected chi connectivity index (χ2v) is 8.28. The molecule has 6 heteroatoms. The molecule has 5 rings (SSSR count). The predicted octanol–water partition coefficient (Wildman–Crippen LogP) is 2.72. The number of carbonyl (C=O) groups excluding carboxylic acids is 1. The minimum atomic E-state index is 0.142. The second-order valence-electron chi connectivity index (χ2n) is 8.28. The molecule has 2 unspecified atom stereocenters. The lowest BCUT2D eigenvalue weighted by atomic mass is 9.98. The fraction of sp³-hybridized carbons (Fsp3) is 0.524.